The van der Waals surface area contributed by atoms with E-state index in [-0.39, 0.29) is 6.10 Å². The molecule has 0 saturated carbocycles. The average Bonchev–Trinajstić information content (AvgIpc) is 2.60. The lowest BCUT2D eigenvalue weighted by atomic mass is 10.2. The summed E-state index contributed by atoms with van der Waals surface area (Å²) in [5, 5.41) is 3.48. The SMILES string of the molecule is CC1CN(C)CCCN1CC1CNc2ccccc2O1. The maximum absolute atomic E-state index is 6.13. The smallest absolute Gasteiger partial charge is 0.142 e. The highest BCUT2D eigenvalue weighted by Gasteiger charge is 2.25. The van der Waals surface area contributed by atoms with Crippen molar-refractivity contribution in [3.8, 4) is 5.75 Å². The summed E-state index contributed by atoms with van der Waals surface area (Å²) >= 11 is 0. The third-order valence-corrected chi connectivity index (χ3v) is 4.32. The molecule has 20 heavy (non-hydrogen) atoms. The molecule has 0 bridgehead atoms. The Kier molecular flexibility index (Phi) is 4.13. The zero-order chi connectivity index (χ0) is 13.9. The molecule has 1 saturated heterocycles. The van der Waals surface area contributed by atoms with Gasteiger partial charge in [-0.3, -0.25) is 4.90 Å². The molecule has 2 atom stereocenters. The van der Waals surface area contributed by atoms with Crippen LogP contribution in [0, 0.1) is 0 Å². The Morgan fingerprint density at radius 2 is 2.15 bits per heavy atom. The molecule has 4 nitrogen and oxygen atoms in total. The summed E-state index contributed by atoms with van der Waals surface area (Å²) in [5.41, 5.74) is 1.12. The van der Waals surface area contributed by atoms with E-state index in [1.807, 2.05) is 18.2 Å². The molecule has 110 valence electrons. The number of para-hydroxylation sites is 2. The molecule has 1 aromatic carbocycles. The summed E-state index contributed by atoms with van der Waals surface area (Å²) in [4.78, 5) is 5.00. The van der Waals surface area contributed by atoms with Gasteiger partial charge in [0.1, 0.15) is 11.9 Å². The van der Waals surface area contributed by atoms with Gasteiger partial charge in [-0.25, -0.2) is 0 Å². The molecule has 0 spiro atoms. The molecule has 1 aromatic rings. The number of likely N-dealkylation sites (N-methyl/N-ethyl adjacent to an activating group) is 1. The molecular formula is C16H25N3O. The van der Waals surface area contributed by atoms with Crippen LogP contribution < -0.4 is 10.1 Å². The number of anilines is 1. The molecule has 0 radical (unpaired) electrons. The largest absolute Gasteiger partial charge is 0.485 e. The van der Waals surface area contributed by atoms with Crippen LogP contribution >= 0.6 is 0 Å². The molecule has 2 heterocycles. The van der Waals surface area contributed by atoms with Crippen molar-refractivity contribution in [1.29, 1.82) is 0 Å². The van der Waals surface area contributed by atoms with Crippen LogP contribution in [0.5, 0.6) is 5.75 Å². The number of fused-ring (bicyclic) bond motifs is 1. The standard InChI is InChI=1S/C16H25N3O/c1-13-11-18(2)8-5-9-19(13)12-14-10-17-15-6-3-4-7-16(15)20-14/h3-4,6-7,13-14,17H,5,8-12H2,1-2H3. The third kappa shape index (κ3) is 3.07. The maximum atomic E-state index is 6.13. The summed E-state index contributed by atoms with van der Waals surface area (Å²) in [7, 11) is 2.22. The van der Waals surface area contributed by atoms with Gasteiger partial charge < -0.3 is 15.0 Å². The monoisotopic (exact) mass is 275 g/mol. The van der Waals surface area contributed by atoms with Crippen LogP contribution in [0.2, 0.25) is 0 Å². The van der Waals surface area contributed by atoms with Crippen LogP contribution in [0.25, 0.3) is 0 Å². The first-order chi connectivity index (χ1) is 9.72. The van der Waals surface area contributed by atoms with E-state index >= 15 is 0 Å². The van der Waals surface area contributed by atoms with Gasteiger partial charge >= 0.3 is 0 Å². The van der Waals surface area contributed by atoms with E-state index in [4.69, 9.17) is 4.74 Å². The summed E-state index contributed by atoms with van der Waals surface area (Å²) < 4.78 is 6.13. The lowest BCUT2D eigenvalue weighted by molar-refractivity contribution is 0.111. The Labute approximate surface area is 121 Å². The molecule has 3 rings (SSSR count). The van der Waals surface area contributed by atoms with E-state index in [2.05, 4.69) is 35.2 Å². The van der Waals surface area contributed by atoms with Crippen LogP contribution in [0.15, 0.2) is 24.3 Å². The maximum Gasteiger partial charge on any atom is 0.142 e. The topological polar surface area (TPSA) is 27.7 Å². The molecular weight excluding hydrogens is 250 g/mol. The quantitative estimate of drug-likeness (QED) is 0.892. The second-order valence-electron chi connectivity index (χ2n) is 6.08. The number of benzene rings is 1. The van der Waals surface area contributed by atoms with Crippen molar-refractivity contribution in [2.45, 2.75) is 25.5 Å². The summed E-state index contributed by atoms with van der Waals surface area (Å²) in [6.07, 6.45) is 1.49. The predicted octanol–water partition coefficient (Wildman–Crippen LogP) is 1.89. The lowest BCUT2D eigenvalue weighted by Gasteiger charge is -2.34. The summed E-state index contributed by atoms with van der Waals surface area (Å²) in [6.45, 7) is 7.76. The number of nitrogens with one attached hydrogen (secondary N) is 1. The van der Waals surface area contributed by atoms with Crippen LogP contribution in [0.3, 0.4) is 0 Å². The number of hydrogen-bond donors (Lipinski definition) is 1. The minimum absolute atomic E-state index is 0.246. The van der Waals surface area contributed by atoms with Crippen molar-refractivity contribution < 1.29 is 4.74 Å². The van der Waals surface area contributed by atoms with E-state index in [1.54, 1.807) is 0 Å². The van der Waals surface area contributed by atoms with Crippen molar-refractivity contribution in [3.05, 3.63) is 24.3 Å². The fourth-order valence-corrected chi connectivity index (χ4v) is 3.22. The van der Waals surface area contributed by atoms with Crippen LogP contribution in [-0.4, -0.2) is 61.7 Å². The molecule has 0 aromatic heterocycles. The first-order valence-electron chi connectivity index (χ1n) is 7.64. The molecule has 2 unspecified atom stereocenters. The first kappa shape index (κ1) is 13.7. The minimum Gasteiger partial charge on any atom is -0.485 e. The highest BCUT2D eigenvalue weighted by molar-refractivity contribution is 5.57. The lowest BCUT2D eigenvalue weighted by Crippen LogP contribution is -2.46. The average molecular weight is 275 g/mol. The Balaban J connectivity index is 1.61. The fourth-order valence-electron chi connectivity index (χ4n) is 3.22. The van der Waals surface area contributed by atoms with Gasteiger partial charge in [0.05, 0.1) is 12.2 Å². The van der Waals surface area contributed by atoms with Crippen molar-refractivity contribution in [2.24, 2.45) is 0 Å². The number of nitrogens with zero attached hydrogens (tertiary/aromatic N) is 2. The van der Waals surface area contributed by atoms with Gasteiger partial charge in [-0.1, -0.05) is 12.1 Å². The van der Waals surface area contributed by atoms with Gasteiger partial charge in [0.2, 0.25) is 0 Å². The van der Waals surface area contributed by atoms with Gasteiger partial charge in [-0.15, -0.1) is 0 Å². The van der Waals surface area contributed by atoms with Gasteiger partial charge in [-0.05, 0) is 45.6 Å². The van der Waals surface area contributed by atoms with E-state index in [1.165, 1.54) is 19.5 Å². The van der Waals surface area contributed by atoms with Crippen LogP contribution in [-0.2, 0) is 0 Å². The number of ether oxygens (including phenoxy) is 1. The zero-order valence-electron chi connectivity index (χ0n) is 12.5. The van der Waals surface area contributed by atoms with Gasteiger partial charge in [0.25, 0.3) is 0 Å². The highest BCUT2D eigenvalue weighted by atomic mass is 16.5. The van der Waals surface area contributed by atoms with Crippen LogP contribution in [0.1, 0.15) is 13.3 Å². The van der Waals surface area contributed by atoms with E-state index in [0.29, 0.717) is 6.04 Å². The second-order valence-corrected chi connectivity index (χ2v) is 6.08. The third-order valence-electron chi connectivity index (χ3n) is 4.32. The molecule has 1 fully saturated rings. The van der Waals surface area contributed by atoms with Crippen LogP contribution in [0.4, 0.5) is 5.69 Å². The molecule has 4 heteroatoms. The van der Waals surface area contributed by atoms with Crippen molar-refractivity contribution >= 4 is 5.69 Å². The number of rotatable bonds is 2. The van der Waals surface area contributed by atoms with Crippen molar-refractivity contribution in [1.82, 2.24) is 9.80 Å². The Morgan fingerprint density at radius 1 is 1.30 bits per heavy atom. The van der Waals surface area contributed by atoms with Crippen molar-refractivity contribution in [3.63, 3.8) is 0 Å². The van der Waals surface area contributed by atoms with E-state index in [0.717, 1.165) is 31.1 Å². The molecule has 2 aliphatic heterocycles. The minimum atomic E-state index is 0.246. The highest BCUT2D eigenvalue weighted by Crippen LogP contribution is 2.28. The van der Waals surface area contributed by atoms with E-state index in [9.17, 15) is 0 Å². The first-order valence-corrected chi connectivity index (χ1v) is 7.64. The summed E-state index contributed by atoms with van der Waals surface area (Å²) in [5.74, 6) is 0.989. The zero-order valence-corrected chi connectivity index (χ0v) is 12.5. The molecule has 2 aliphatic rings. The normalized spacial score (nSPS) is 28.1. The fraction of sp³-hybridized carbons (Fsp3) is 0.625. The Morgan fingerprint density at radius 3 is 3.05 bits per heavy atom. The van der Waals surface area contributed by atoms with Crippen molar-refractivity contribution in [2.75, 3.05) is 45.1 Å². The Bertz CT molecular complexity index is 451. The molecule has 1 N–H and O–H groups in total. The van der Waals surface area contributed by atoms with Gasteiger partial charge in [-0.2, -0.15) is 0 Å². The number of hydrogen-bond acceptors (Lipinski definition) is 4. The predicted molar refractivity (Wildman–Crippen MR) is 82.5 cm³/mol. The van der Waals surface area contributed by atoms with E-state index < -0.39 is 0 Å². The second kappa shape index (κ2) is 6.02. The molecule has 0 amide bonds. The Hall–Kier alpha value is -1.26. The van der Waals surface area contributed by atoms with Gasteiger partial charge in [0.15, 0.2) is 0 Å². The summed E-state index contributed by atoms with van der Waals surface area (Å²) in [6, 6.07) is 8.81. The molecule has 0 aliphatic carbocycles. The van der Waals surface area contributed by atoms with Gasteiger partial charge in [0, 0.05) is 19.1 Å².